The molecule has 0 bridgehead atoms. The lowest BCUT2D eigenvalue weighted by atomic mass is 10.1. The van der Waals surface area contributed by atoms with E-state index in [1.807, 2.05) is 31.2 Å². The number of benzene rings is 1. The van der Waals surface area contributed by atoms with Crippen molar-refractivity contribution in [3.63, 3.8) is 0 Å². The van der Waals surface area contributed by atoms with Crippen LogP contribution in [0.2, 0.25) is 0 Å². The number of rotatable bonds is 3. The molecule has 1 aromatic carbocycles. The van der Waals surface area contributed by atoms with E-state index in [-0.39, 0.29) is 24.0 Å². The molecule has 3 amide bonds. The molecular weight excluding hydrogens is 302 g/mol. The molecule has 0 unspecified atom stereocenters. The van der Waals surface area contributed by atoms with E-state index in [0.717, 1.165) is 18.5 Å². The highest BCUT2D eigenvalue weighted by Crippen LogP contribution is 2.22. The zero-order valence-electron chi connectivity index (χ0n) is 14.4. The zero-order chi connectivity index (χ0) is 16.9. The third-order valence-corrected chi connectivity index (χ3v) is 5.00. The van der Waals surface area contributed by atoms with E-state index in [1.54, 1.807) is 4.90 Å². The Kier molecular flexibility index (Phi) is 5.38. The maximum atomic E-state index is 12.2. The van der Waals surface area contributed by atoms with E-state index in [4.69, 9.17) is 0 Å². The standard InChI is InChI=1S/C19H27N3O2/c1-14-8-10-17(11-9-14)22-13-16(12-18(22)23)21-19(24)20-15-6-4-2-3-5-7-15/h8-11,15-16H,2-7,12-13H2,1H3,(H2,20,21,24)/t16-/m0/s1. The molecule has 24 heavy (non-hydrogen) atoms. The third kappa shape index (κ3) is 4.28. The van der Waals surface area contributed by atoms with Gasteiger partial charge in [-0.3, -0.25) is 4.79 Å². The Morgan fingerprint density at radius 3 is 2.29 bits per heavy atom. The van der Waals surface area contributed by atoms with Gasteiger partial charge in [-0.2, -0.15) is 0 Å². The number of carbonyl (C=O) groups excluding carboxylic acids is 2. The van der Waals surface area contributed by atoms with Crippen LogP contribution < -0.4 is 15.5 Å². The summed E-state index contributed by atoms with van der Waals surface area (Å²) in [7, 11) is 0. The fourth-order valence-corrected chi connectivity index (χ4v) is 3.61. The van der Waals surface area contributed by atoms with Crippen LogP contribution in [0.3, 0.4) is 0 Å². The summed E-state index contributed by atoms with van der Waals surface area (Å²) in [5.74, 6) is 0.0682. The lowest BCUT2D eigenvalue weighted by Crippen LogP contribution is -2.47. The molecule has 3 rings (SSSR count). The summed E-state index contributed by atoms with van der Waals surface area (Å²) in [6.07, 6.45) is 7.40. The summed E-state index contributed by atoms with van der Waals surface area (Å²) >= 11 is 0. The molecule has 0 radical (unpaired) electrons. The summed E-state index contributed by atoms with van der Waals surface area (Å²) < 4.78 is 0. The van der Waals surface area contributed by atoms with Crippen LogP contribution in [0, 0.1) is 6.92 Å². The van der Waals surface area contributed by atoms with Crippen LogP contribution in [0.4, 0.5) is 10.5 Å². The van der Waals surface area contributed by atoms with Crippen LogP contribution in [0.1, 0.15) is 50.5 Å². The van der Waals surface area contributed by atoms with Gasteiger partial charge in [0.15, 0.2) is 0 Å². The number of urea groups is 1. The van der Waals surface area contributed by atoms with Crippen molar-refractivity contribution in [3.8, 4) is 0 Å². The summed E-state index contributed by atoms with van der Waals surface area (Å²) in [5, 5.41) is 6.06. The Bertz CT molecular complexity index is 577. The van der Waals surface area contributed by atoms with Crippen LogP contribution in [-0.4, -0.2) is 30.6 Å². The fraction of sp³-hybridized carbons (Fsp3) is 0.579. The molecule has 1 aliphatic carbocycles. The van der Waals surface area contributed by atoms with Crippen molar-refractivity contribution >= 4 is 17.6 Å². The first-order chi connectivity index (χ1) is 11.6. The minimum atomic E-state index is -0.134. The van der Waals surface area contributed by atoms with Crippen molar-refractivity contribution in [3.05, 3.63) is 29.8 Å². The summed E-state index contributed by atoms with van der Waals surface area (Å²) in [6.45, 7) is 2.57. The number of anilines is 1. The van der Waals surface area contributed by atoms with Gasteiger partial charge >= 0.3 is 6.03 Å². The normalized spacial score (nSPS) is 22.3. The SMILES string of the molecule is Cc1ccc(N2C[C@@H](NC(=O)NC3CCCCCC3)CC2=O)cc1. The highest BCUT2D eigenvalue weighted by molar-refractivity contribution is 5.96. The van der Waals surface area contributed by atoms with Crippen molar-refractivity contribution < 1.29 is 9.59 Å². The summed E-state index contributed by atoms with van der Waals surface area (Å²) in [6, 6.07) is 7.94. The van der Waals surface area contributed by atoms with Crippen molar-refractivity contribution in [1.82, 2.24) is 10.6 Å². The predicted molar refractivity (Wildman–Crippen MR) is 95.1 cm³/mol. The third-order valence-electron chi connectivity index (χ3n) is 5.00. The molecule has 1 heterocycles. The largest absolute Gasteiger partial charge is 0.335 e. The molecule has 130 valence electrons. The minimum absolute atomic E-state index is 0.0682. The second-order valence-electron chi connectivity index (χ2n) is 7.05. The van der Waals surface area contributed by atoms with E-state index < -0.39 is 0 Å². The van der Waals surface area contributed by atoms with Crippen molar-refractivity contribution in [1.29, 1.82) is 0 Å². The predicted octanol–water partition coefficient (Wildman–Crippen LogP) is 3.12. The highest BCUT2D eigenvalue weighted by Gasteiger charge is 2.31. The fourth-order valence-electron chi connectivity index (χ4n) is 3.61. The minimum Gasteiger partial charge on any atom is -0.335 e. The van der Waals surface area contributed by atoms with Gasteiger partial charge in [0.05, 0.1) is 6.04 Å². The van der Waals surface area contributed by atoms with E-state index in [1.165, 1.54) is 31.2 Å². The van der Waals surface area contributed by atoms with E-state index in [9.17, 15) is 9.59 Å². The average Bonchev–Trinajstić information content (AvgIpc) is 2.74. The molecule has 5 nitrogen and oxygen atoms in total. The molecule has 0 aromatic heterocycles. The molecule has 1 aliphatic heterocycles. The maximum Gasteiger partial charge on any atom is 0.315 e. The van der Waals surface area contributed by atoms with Crippen molar-refractivity contribution in [2.75, 3.05) is 11.4 Å². The Morgan fingerprint density at radius 2 is 1.62 bits per heavy atom. The monoisotopic (exact) mass is 329 g/mol. The van der Waals surface area contributed by atoms with Crippen LogP contribution in [0.15, 0.2) is 24.3 Å². The Labute approximate surface area is 143 Å². The molecule has 1 aromatic rings. The average molecular weight is 329 g/mol. The second-order valence-corrected chi connectivity index (χ2v) is 7.05. The van der Waals surface area contributed by atoms with Gasteiger partial charge in [-0.1, -0.05) is 43.4 Å². The van der Waals surface area contributed by atoms with Gasteiger partial charge in [-0.15, -0.1) is 0 Å². The topological polar surface area (TPSA) is 61.4 Å². The first-order valence-corrected chi connectivity index (χ1v) is 9.06. The van der Waals surface area contributed by atoms with Gasteiger partial charge < -0.3 is 15.5 Å². The van der Waals surface area contributed by atoms with E-state index in [0.29, 0.717) is 13.0 Å². The molecule has 1 saturated carbocycles. The maximum absolute atomic E-state index is 12.2. The van der Waals surface area contributed by atoms with E-state index >= 15 is 0 Å². The number of hydrogen-bond acceptors (Lipinski definition) is 2. The molecule has 2 N–H and O–H groups in total. The zero-order valence-corrected chi connectivity index (χ0v) is 14.4. The van der Waals surface area contributed by atoms with E-state index in [2.05, 4.69) is 10.6 Å². The Hall–Kier alpha value is -2.04. The van der Waals surface area contributed by atoms with Crippen LogP contribution in [0.25, 0.3) is 0 Å². The van der Waals surface area contributed by atoms with Gasteiger partial charge in [0, 0.05) is 24.7 Å². The molecule has 0 spiro atoms. The molecule has 5 heteroatoms. The van der Waals surface area contributed by atoms with Gasteiger partial charge in [0.1, 0.15) is 0 Å². The van der Waals surface area contributed by atoms with Gasteiger partial charge in [0.2, 0.25) is 5.91 Å². The summed E-state index contributed by atoms with van der Waals surface area (Å²) in [4.78, 5) is 26.2. The number of hydrogen-bond donors (Lipinski definition) is 2. The molecule has 1 atom stereocenters. The van der Waals surface area contributed by atoms with Gasteiger partial charge in [0.25, 0.3) is 0 Å². The smallest absolute Gasteiger partial charge is 0.315 e. The quantitative estimate of drug-likeness (QED) is 0.837. The Balaban J connectivity index is 1.52. The molecule has 2 aliphatic rings. The Morgan fingerprint density at radius 1 is 1.00 bits per heavy atom. The lowest BCUT2D eigenvalue weighted by molar-refractivity contribution is -0.117. The van der Waals surface area contributed by atoms with Crippen LogP contribution in [-0.2, 0) is 4.79 Å². The van der Waals surface area contributed by atoms with Crippen LogP contribution in [0.5, 0.6) is 0 Å². The number of amides is 3. The first-order valence-electron chi connectivity index (χ1n) is 9.06. The lowest BCUT2D eigenvalue weighted by Gasteiger charge is -2.20. The molecule has 1 saturated heterocycles. The van der Waals surface area contributed by atoms with Crippen LogP contribution >= 0.6 is 0 Å². The van der Waals surface area contributed by atoms with Gasteiger partial charge in [-0.05, 0) is 31.9 Å². The number of nitrogens with zero attached hydrogens (tertiary/aromatic N) is 1. The summed E-state index contributed by atoms with van der Waals surface area (Å²) in [5.41, 5.74) is 2.07. The molecule has 2 fully saturated rings. The van der Waals surface area contributed by atoms with Crippen molar-refractivity contribution in [2.45, 2.75) is 64.0 Å². The van der Waals surface area contributed by atoms with Gasteiger partial charge in [-0.25, -0.2) is 4.79 Å². The highest BCUT2D eigenvalue weighted by atomic mass is 16.2. The first kappa shape index (κ1) is 16.8. The number of aryl methyl sites for hydroxylation is 1. The molecular formula is C19H27N3O2. The second kappa shape index (κ2) is 7.69. The van der Waals surface area contributed by atoms with Crippen molar-refractivity contribution in [2.24, 2.45) is 0 Å². The number of carbonyl (C=O) groups is 2. The number of nitrogens with one attached hydrogen (secondary N) is 2.